The van der Waals surface area contributed by atoms with Gasteiger partial charge in [0.2, 0.25) is 0 Å². The molecule has 76 valence electrons. The topological polar surface area (TPSA) is 26.3 Å². The molecule has 0 heterocycles. The van der Waals surface area contributed by atoms with Gasteiger partial charge in [-0.15, -0.1) is 0 Å². The Morgan fingerprint density at radius 1 is 1.54 bits per heavy atom. The van der Waals surface area contributed by atoms with E-state index in [0.29, 0.717) is 0 Å². The highest BCUT2D eigenvalue weighted by Gasteiger charge is 2.40. The zero-order valence-electron chi connectivity index (χ0n) is 6.60. The van der Waals surface area contributed by atoms with Crippen molar-refractivity contribution in [1.82, 2.24) is 0 Å². The van der Waals surface area contributed by atoms with Crippen molar-refractivity contribution in [1.29, 1.82) is 0 Å². The summed E-state index contributed by atoms with van der Waals surface area (Å²) in [5, 5.41) is 0. The van der Waals surface area contributed by atoms with Gasteiger partial charge in [-0.1, -0.05) is 6.58 Å². The van der Waals surface area contributed by atoms with Crippen LogP contribution in [0.2, 0.25) is 0 Å². The number of carbonyl (C=O) groups is 1. The molecule has 0 aliphatic rings. The molecule has 0 rings (SSSR count). The molecule has 0 unspecified atom stereocenters. The third-order valence-corrected chi connectivity index (χ3v) is 1.09. The van der Waals surface area contributed by atoms with Crippen LogP contribution >= 0.6 is 0 Å². The van der Waals surface area contributed by atoms with E-state index in [-0.39, 0.29) is 0 Å². The minimum absolute atomic E-state index is 0.634. The average Bonchev–Trinajstić information content (AvgIpc) is 2.03. The number of hydrogen-bond donors (Lipinski definition) is 0. The van der Waals surface area contributed by atoms with Crippen molar-refractivity contribution in [2.24, 2.45) is 0 Å². The lowest BCUT2D eigenvalue weighted by molar-refractivity contribution is -0.167. The molecule has 2 nitrogen and oxygen atoms in total. The minimum atomic E-state index is -4.21. The van der Waals surface area contributed by atoms with Crippen LogP contribution in [0.4, 0.5) is 17.6 Å². The fraction of sp³-hybridized carbons (Fsp3) is 0.571. The van der Waals surface area contributed by atoms with Crippen LogP contribution in [0.25, 0.3) is 0 Å². The highest BCUT2D eigenvalue weighted by atomic mass is 19.3. The summed E-state index contributed by atoms with van der Waals surface area (Å²) in [4.78, 5) is 10.4. The van der Waals surface area contributed by atoms with E-state index in [2.05, 4.69) is 11.3 Å². The SMILES string of the molecule is C=CC(=O)COCC(F)(F)C(F)F. The average molecular weight is 200 g/mol. The number of ether oxygens (including phenoxy) is 1. The zero-order valence-corrected chi connectivity index (χ0v) is 6.60. The van der Waals surface area contributed by atoms with Crippen molar-refractivity contribution in [3.8, 4) is 0 Å². The van der Waals surface area contributed by atoms with E-state index in [1.54, 1.807) is 0 Å². The lowest BCUT2D eigenvalue weighted by Crippen LogP contribution is -2.33. The molecule has 0 aliphatic heterocycles. The van der Waals surface area contributed by atoms with Crippen molar-refractivity contribution in [3.05, 3.63) is 12.7 Å². The highest BCUT2D eigenvalue weighted by Crippen LogP contribution is 2.22. The van der Waals surface area contributed by atoms with Gasteiger partial charge in [-0.25, -0.2) is 8.78 Å². The first kappa shape index (κ1) is 12.1. The second kappa shape index (κ2) is 4.96. The van der Waals surface area contributed by atoms with Gasteiger partial charge < -0.3 is 4.74 Å². The number of alkyl halides is 4. The molecule has 0 aromatic rings. The standard InChI is InChI=1S/C7H8F4O2/c1-2-5(12)3-13-4-7(10,11)6(8)9/h2,6H,1,3-4H2. The van der Waals surface area contributed by atoms with Crippen molar-refractivity contribution in [3.63, 3.8) is 0 Å². The molecule has 0 N–H and O–H groups in total. The van der Waals surface area contributed by atoms with Gasteiger partial charge in [0.05, 0.1) is 0 Å². The van der Waals surface area contributed by atoms with E-state index in [4.69, 9.17) is 0 Å². The van der Waals surface area contributed by atoms with Crippen LogP contribution in [-0.4, -0.2) is 31.3 Å². The molecule has 0 saturated carbocycles. The Hall–Kier alpha value is -0.910. The van der Waals surface area contributed by atoms with Gasteiger partial charge in [0.15, 0.2) is 5.78 Å². The lowest BCUT2D eigenvalue weighted by atomic mass is 10.4. The number of carbonyl (C=O) groups excluding carboxylic acids is 1. The molecular weight excluding hydrogens is 192 g/mol. The van der Waals surface area contributed by atoms with E-state index in [1.165, 1.54) is 0 Å². The molecule has 0 amide bonds. The van der Waals surface area contributed by atoms with Gasteiger partial charge in [0.25, 0.3) is 0 Å². The van der Waals surface area contributed by atoms with Crippen molar-refractivity contribution in [2.45, 2.75) is 12.3 Å². The summed E-state index contributed by atoms with van der Waals surface area (Å²) in [5.74, 6) is -4.84. The molecule has 13 heavy (non-hydrogen) atoms. The summed E-state index contributed by atoms with van der Waals surface area (Å²) in [6.07, 6.45) is -2.92. The number of rotatable bonds is 6. The summed E-state index contributed by atoms with van der Waals surface area (Å²) >= 11 is 0. The smallest absolute Gasteiger partial charge is 0.330 e. The van der Waals surface area contributed by atoms with Gasteiger partial charge in [0, 0.05) is 0 Å². The second-order valence-electron chi connectivity index (χ2n) is 2.22. The van der Waals surface area contributed by atoms with Crippen molar-refractivity contribution >= 4 is 5.78 Å². The molecular formula is C7H8F4O2. The molecule has 0 bridgehead atoms. The maximum Gasteiger partial charge on any atom is 0.330 e. The first-order valence-electron chi connectivity index (χ1n) is 3.29. The molecule has 0 fully saturated rings. The molecule has 0 spiro atoms. The molecule has 6 heteroatoms. The summed E-state index contributed by atoms with van der Waals surface area (Å²) in [6.45, 7) is 0.917. The van der Waals surface area contributed by atoms with E-state index in [1.807, 2.05) is 0 Å². The summed E-state index contributed by atoms with van der Waals surface area (Å²) in [6, 6.07) is 0. The molecule has 0 aromatic carbocycles. The van der Waals surface area contributed by atoms with Crippen molar-refractivity contribution < 1.29 is 27.1 Å². The van der Waals surface area contributed by atoms with Crippen LogP contribution in [0, 0.1) is 0 Å². The third kappa shape index (κ3) is 4.62. The quantitative estimate of drug-likeness (QED) is 0.481. The predicted molar refractivity (Wildman–Crippen MR) is 37.0 cm³/mol. The highest BCUT2D eigenvalue weighted by molar-refractivity contribution is 5.90. The molecule has 0 radical (unpaired) electrons. The van der Waals surface area contributed by atoms with Crippen LogP contribution in [0.3, 0.4) is 0 Å². The Labute approximate surface area is 72.2 Å². The fourth-order valence-corrected chi connectivity index (χ4v) is 0.410. The van der Waals surface area contributed by atoms with E-state index in [0.717, 1.165) is 6.08 Å². The number of halogens is 4. The predicted octanol–water partition coefficient (Wildman–Crippen LogP) is 1.66. The van der Waals surface area contributed by atoms with Gasteiger partial charge >= 0.3 is 12.3 Å². The Morgan fingerprint density at radius 2 is 2.08 bits per heavy atom. The van der Waals surface area contributed by atoms with Gasteiger partial charge in [0.1, 0.15) is 13.2 Å². The number of hydrogen-bond acceptors (Lipinski definition) is 2. The monoisotopic (exact) mass is 200 g/mol. The summed E-state index contributed by atoms with van der Waals surface area (Å²) in [7, 11) is 0. The zero-order chi connectivity index (χ0) is 10.5. The normalized spacial score (nSPS) is 11.8. The first-order chi connectivity index (χ1) is 5.90. The number of ketones is 1. The molecule has 0 saturated heterocycles. The van der Waals surface area contributed by atoms with Crippen LogP contribution in [0.15, 0.2) is 12.7 Å². The first-order valence-corrected chi connectivity index (χ1v) is 3.29. The summed E-state index contributed by atoms with van der Waals surface area (Å²) < 4.78 is 51.2. The molecule has 0 aliphatic carbocycles. The van der Waals surface area contributed by atoms with Gasteiger partial charge in [-0.05, 0) is 6.08 Å². The Balaban J connectivity index is 3.76. The lowest BCUT2D eigenvalue weighted by Gasteiger charge is -2.14. The van der Waals surface area contributed by atoms with Gasteiger partial charge in [-0.2, -0.15) is 8.78 Å². The Bertz CT molecular complexity index is 191. The van der Waals surface area contributed by atoms with Crippen LogP contribution in [-0.2, 0) is 9.53 Å². The fourth-order valence-electron chi connectivity index (χ4n) is 0.410. The Morgan fingerprint density at radius 3 is 2.46 bits per heavy atom. The van der Waals surface area contributed by atoms with E-state index in [9.17, 15) is 22.4 Å². The third-order valence-electron chi connectivity index (χ3n) is 1.09. The van der Waals surface area contributed by atoms with E-state index >= 15 is 0 Å². The maximum atomic E-state index is 12.1. The molecule has 0 atom stereocenters. The van der Waals surface area contributed by atoms with Crippen molar-refractivity contribution in [2.75, 3.05) is 13.2 Å². The van der Waals surface area contributed by atoms with Crippen LogP contribution in [0.1, 0.15) is 0 Å². The Kier molecular flexibility index (Phi) is 4.61. The molecule has 0 aromatic heterocycles. The largest absolute Gasteiger partial charge is 0.367 e. The van der Waals surface area contributed by atoms with Gasteiger partial charge in [-0.3, -0.25) is 4.79 Å². The van der Waals surface area contributed by atoms with Crippen LogP contribution < -0.4 is 0 Å². The maximum absolute atomic E-state index is 12.1. The van der Waals surface area contributed by atoms with Crippen LogP contribution in [0.5, 0.6) is 0 Å². The van der Waals surface area contributed by atoms with E-state index < -0.39 is 31.3 Å². The second-order valence-corrected chi connectivity index (χ2v) is 2.22. The summed E-state index contributed by atoms with van der Waals surface area (Å²) in [5.41, 5.74) is 0. The minimum Gasteiger partial charge on any atom is -0.367 e.